The largest absolute Gasteiger partial charge is 0.359 e. The first-order valence-corrected chi connectivity index (χ1v) is 3.43. The molecule has 0 bridgehead atoms. The molecule has 0 amide bonds. The number of hydrogen-bond donors (Lipinski definition) is 1. The van der Waals surface area contributed by atoms with Crippen LogP contribution in [-0.4, -0.2) is 9.97 Å². The Kier molecular flexibility index (Phi) is 0.638. The topological polar surface area (TPSA) is 28.7 Å². The summed E-state index contributed by atoms with van der Waals surface area (Å²) in [6.45, 7) is 0. The first-order valence-electron chi connectivity index (χ1n) is 4.64. The maximum Gasteiger partial charge on any atom is 0.102 e. The van der Waals surface area contributed by atoms with Gasteiger partial charge >= 0.3 is 0 Å². The van der Waals surface area contributed by atoms with Gasteiger partial charge in [0.25, 0.3) is 0 Å². The van der Waals surface area contributed by atoms with E-state index in [0.717, 1.165) is 0 Å². The van der Waals surface area contributed by atoms with Crippen LogP contribution in [0.25, 0.3) is 11.0 Å². The number of aromatic nitrogens is 2. The molecule has 2 rings (SSSR count). The van der Waals surface area contributed by atoms with Crippen molar-refractivity contribution in [3.05, 3.63) is 28.9 Å². The second-order valence-electron chi connectivity index (χ2n) is 1.76. The van der Waals surface area contributed by atoms with Crippen molar-refractivity contribution in [2.75, 3.05) is 0 Å². The van der Waals surface area contributed by atoms with Crippen molar-refractivity contribution in [3.63, 3.8) is 0 Å². The van der Waals surface area contributed by atoms with Crippen molar-refractivity contribution in [1.29, 1.82) is 0 Å². The lowest BCUT2D eigenvalue weighted by Gasteiger charge is -1.85. The average molecular weight is 201 g/mol. The molecule has 1 N–H and O–H groups in total. The van der Waals surface area contributed by atoms with Gasteiger partial charge in [-0.1, -0.05) is 0 Å². The lowest BCUT2D eigenvalue weighted by molar-refractivity contribution is 1.41. The van der Waals surface area contributed by atoms with E-state index in [9.17, 15) is 0 Å². The van der Waals surface area contributed by atoms with E-state index in [-0.39, 0.29) is 24.4 Å². The summed E-state index contributed by atoms with van der Waals surface area (Å²) < 4.78 is 30.1. The van der Waals surface area contributed by atoms with E-state index < -0.39 is 0 Å². The molecule has 0 aliphatic rings. The van der Waals surface area contributed by atoms with Crippen molar-refractivity contribution in [2.45, 2.75) is 0 Å². The summed E-state index contributed by atoms with van der Waals surface area (Å²) >= 11 is 3.13. The van der Waals surface area contributed by atoms with Crippen LogP contribution in [0.15, 0.2) is 28.9 Å². The molecule has 10 heavy (non-hydrogen) atoms. The Balaban J connectivity index is 2.98. The minimum absolute atomic E-state index is 0.0980. The first-order chi connectivity index (χ1) is 6.52. The SMILES string of the molecule is [2H]c1nc2c(Br)c([2H])[nH]c2c([2H])c1[2H]. The lowest BCUT2D eigenvalue weighted by atomic mass is 10.4. The molecule has 0 radical (unpaired) electrons. The lowest BCUT2D eigenvalue weighted by Crippen LogP contribution is -1.70. The van der Waals surface area contributed by atoms with Gasteiger partial charge in [0.15, 0.2) is 0 Å². The van der Waals surface area contributed by atoms with Crippen LogP contribution < -0.4 is 0 Å². The molecule has 0 aromatic carbocycles. The van der Waals surface area contributed by atoms with Gasteiger partial charge < -0.3 is 4.98 Å². The van der Waals surface area contributed by atoms with Crippen molar-refractivity contribution < 1.29 is 5.48 Å². The standard InChI is InChI=1S/C7H5BrN2/c8-5-4-10-6-2-1-3-9-7(5)6/h1-4,10H/i1D,2D,3D,4D. The molecule has 2 aromatic rings. The normalized spacial score (nSPS) is 16.1. The van der Waals surface area contributed by atoms with Gasteiger partial charge in [-0.05, 0) is 28.0 Å². The Bertz CT molecular complexity index is 522. The molecule has 2 nitrogen and oxygen atoms in total. The maximum atomic E-state index is 7.56. The quantitative estimate of drug-likeness (QED) is 0.696. The molecule has 0 fully saturated rings. The number of halogens is 1. The molecule has 3 heteroatoms. The monoisotopic (exact) mass is 200 g/mol. The summed E-state index contributed by atoms with van der Waals surface area (Å²) in [4.78, 5) is 6.45. The van der Waals surface area contributed by atoms with Gasteiger partial charge in [0.1, 0.15) is 5.52 Å². The smallest absolute Gasteiger partial charge is 0.102 e. The van der Waals surface area contributed by atoms with Crippen LogP contribution in [0.1, 0.15) is 5.48 Å². The number of H-pyrrole nitrogens is 1. The summed E-state index contributed by atoms with van der Waals surface area (Å²) in [6, 6.07) is -0.328. The summed E-state index contributed by atoms with van der Waals surface area (Å²) in [5, 5.41) is 0. The van der Waals surface area contributed by atoms with Gasteiger partial charge in [-0.3, -0.25) is 4.98 Å². The Morgan fingerprint density at radius 3 is 3.50 bits per heavy atom. The highest BCUT2D eigenvalue weighted by molar-refractivity contribution is 9.10. The Morgan fingerprint density at radius 2 is 2.60 bits per heavy atom. The second kappa shape index (κ2) is 2.09. The van der Waals surface area contributed by atoms with E-state index in [0.29, 0.717) is 15.5 Å². The number of pyridine rings is 1. The van der Waals surface area contributed by atoms with E-state index in [1.807, 2.05) is 0 Å². The highest BCUT2D eigenvalue weighted by atomic mass is 79.9. The zero-order valence-electron chi connectivity index (χ0n) is 8.83. The molecule has 0 saturated heterocycles. The van der Waals surface area contributed by atoms with Gasteiger partial charge in [0, 0.05) is 12.3 Å². The molecule has 0 atom stereocenters. The van der Waals surface area contributed by atoms with Gasteiger partial charge in [0.05, 0.1) is 15.5 Å². The molecule has 0 saturated carbocycles. The minimum atomic E-state index is -0.248. The molecule has 0 unspecified atom stereocenters. The third-order valence-corrected chi connectivity index (χ3v) is 1.73. The molecular weight excluding hydrogens is 192 g/mol. The van der Waals surface area contributed by atoms with Crippen LogP contribution in [0.3, 0.4) is 0 Å². The number of nitrogens with one attached hydrogen (secondary N) is 1. The Labute approximate surface area is 72.0 Å². The van der Waals surface area contributed by atoms with Crippen molar-refractivity contribution in [3.8, 4) is 0 Å². The van der Waals surface area contributed by atoms with E-state index in [1.165, 1.54) is 0 Å². The third kappa shape index (κ3) is 0.743. The van der Waals surface area contributed by atoms with Gasteiger partial charge in [-0.2, -0.15) is 0 Å². The fourth-order valence-corrected chi connectivity index (χ4v) is 1.10. The molecule has 2 heterocycles. The Hall–Kier alpha value is -0.830. The molecule has 0 aliphatic carbocycles. The highest BCUT2D eigenvalue weighted by Gasteiger charge is 1.97. The number of fused-ring (bicyclic) bond motifs is 1. The minimum Gasteiger partial charge on any atom is -0.359 e. The maximum absolute atomic E-state index is 7.56. The van der Waals surface area contributed by atoms with Gasteiger partial charge in [-0.25, -0.2) is 0 Å². The zero-order chi connectivity index (χ0) is 10.5. The fourth-order valence-electron chi connectivity index (χ4n) is 0.715. The van der Waals surface area contributed by atoms with E-state index in [1.54, 1.807) is 0 Å². The highest BCUT2D eigenvalue weighted by Crippen LogP contribution is 2.19. The molecular formula is C7H5BrN2. The molecule has 0 aliphatic heterocycles. The summed E-state index contributed by atoms with van der Waals surface area (Å²) in [5.74, 6) is 0. The number of aromatic amines is 1. The fraction of sp³-hybridized carbons (Fsp3) is 0. The number of hydrogen-bond acceptors (Lipinski definition) is 1. The first kappa shape index (κ1) is 3.05. The van der Waals surface area contributed by atoms with Crippen molar-refractivity contribution in [1.82, 2.24) is 9.97 Å². The van der Waals surface area contributed by atoms with Crippen molar-refractivity contribution >= 4 is 27.0 Å². The number of nitrogens with zero attached hydrogens (tertiary/aromatic N) is 1. The van der Waals surface area contributed by atoms with Crippen LogP contribution in [0.2, 0.25) is 0 Å². The van der Waals surface area contributed by atoms with Gasteiger partial charge in [0.2, 0.25) is 0 Å². The van der Waals surface area contributed by atoms with Gasteiger partial charge in [-0.15, -0.1) is 0 Å². The summed E-state index contributed by atoms with van der Waals surface area (Å²) in [5.41, 5.74) is 0.684. The second-order valence-corrected chi connectivity index (χ2v) is 2.55. The zero-order valence-corrected chi connectivity index (χ0v) is 6.41. The predicted octanol–water partition coefficient (Wildman–Crippen LogP) is 2.33. The molecule has 50 valence electrons. The van der Waals surface area contributed by atoms with Crippen molar-refractivity contribution in [2.24, 2.45) is 0 Å². The van der Waals surface area contributed by atoms with E-state index in [4.69, 9.17) is 5.48 Å². The van der Waals surface area contributed by atoms with E-state index in [2.05, 4.69) is 25.9 Å². The third-order valence-electron chi connectivity index (χ3n) is 1.15. The Morgan fingerprint density at radius 1 is 1.70 bits per heavy atom. The van der Waals surface area contributed by atoms with E-state index >= 15 is 0 Å². The average Bonchev–Trinajstić information content (AvgIpc) is 2.42. The summed E-state index contributed by atoms with van der Waals surface area (Å²) in [7, 11) is 0. The summed E-state index contributed by atoms with van der Waals surface area (Å²) in [6.07, 6.45) is -0.145. The molecule has 0 spiro atoms. The number of rotatable bonds is 0. The van der Waals surface area contributed by atoms with Crippen LogP contribution >= 0.6 is 15.9 Å². The van der Waals surface area contributed by atoms with Crippen LogP contribution in [0.4, 0.5) is 0 Å². The predicted molar refractivity (Wildman–Crippen MR) is 43.8 cm³/mol. The van der Waals surface area contributed by atoms with Crippen LogP contribution in [0.5, 0.6) is 0 Å². The van der Waals surface area contributed by atoms with Crippen LogP contribution in [0, 0.1) is 0 Å². The molecule has 2 aromatic heterocycles. The van der Waals surface area contributed by atoms with Crippen LogP contribution in [-0.2, 0) is 0 Å².